The minimum atomic E-state index is 0.247. The maximum atomic E-state index is 12.8. The second-order valence-corrected chi connectivity index (χ2v) is 6.56. The van der Waals surface area contributed by atoms with Gasteiger partial charge in [-0.05, 0) is 43.3 Å². The maximum Gasteiger partial charge on any atom is 0.223 e. The average Bonchev–Trinajstić information content (AvgIpc) is 2.60. The number of nitrogens with one attached hydrogen (secondary N) is 1. The number of hydrogen-bond acceptors (Lipinski definition) is 3. The highest BCUT2D eigenvalue weighted by atomic mass is 16.5. The van der Waals surface area contributed by atoms with Crippen LogP contribution in [-0.2, 0) is 16.1 Å². The first-order valence-electron chi connectivity index (χ1n) is 8.72. The van der Waals surface area contributed by atoms with Crippen LogP contribution in [0.5, 0.6) is 0 Å². The van der Waals surface area contributed by atoms with E-state index >= 15 is 0 Å². The minimum absolute atomic E-state index is 0.247. The number of hydrogen-bond donors (Lipinski definition) is 1. The monoisotopic (exact) mass is 318 g/mol. The number of nitrogens with zero attached hydrogens (tertiary/aromatic N) is 1. The van der Waals surface area contributed by atoms with E-state index < -0.39 is 0 Å². The first kappa shape index (κ1) is 18.0. The molecule has 1 fully saturated rings. The van der Waals surface area contributed by atoms with Crippen LogP contribution >= 0.6 is 0 Å². The number of carbonyl (C=O) groups excluding carboxylic acids is 1. The number of benzene rings is 1. The molecule has 1 aromatic rings. The summed E-state index contributed by atoms with van der Waals surface area (Å²) in [4.78, 5) is 14.7. The lowest BCUT2D eigenvalue weighted by atomic mass is 9.84. The number of amides is 1. The van der Waals surface area contributed by atoms with Crippen molar-refractivity contribution in [2.45, 2.75) is 32.7 Å². The van der Waals surface area contributed by atoms with Gasteiger partial charge in [0.05, 0.1) is 6.61 Å². The number of carbonyl (C=O) groups is 1. The van der Waals surface area contributed by atoms with Crippen molar-refractivity contribution < 1.29 is 9.53 Å². The third-order valence-electron chi connectivity index (χ3n) is 4.82. The standard InChI is InChI=1S/C19H30N2O2/c1-16(18-8-10-20-11-9-18)14-19(22)21(12-13-23-2)15-17-6-4-3-5-7-17/h3-7,16,18,20H,8-15H2,1-2H3. The van der Waals surface area contributed by atoms with Crippen LogP contribution in [0.4, 0.5) is 0 Å². The summed E-state index contributed by atoms with van der Waals surface area (Å²) in [5.41, 5.74) is 1.17. The van der Waals surface area contributed by atoms with Gasteiger partial charge in [0.15, 0.2) is 0 Å². The molecule has 0 spiro atoms. The predicted molar refractivity (Wildman–Crippen MR) is 93.1 cm³/mol. The topological polar surface area (TPSA) is 41.6 Å². The van der Waals surface area contributed by atoms with Crippen LogP contribution in [0.15, 0.2) is 30.3 Å². The Morgan fingerprint density at radius 2 is 2.00 bits per heavy atom. The van der Waals surface area contributed by atoms with Crippen LogP contribution in [-0.4, -0.2) is 44.2 Å². The number of ether oxygens (including phenoxy) is 1. The largest absolute Gasteiger partial charge is 0.383 e. The van der Waals surface area contributed by atoms with Gasteiger partial charge in [-0.15, -0.1) is 0 Å². The van der Waals surface area contributed by atoms with Crippen molar-refractivity contribution in [2.24, 2.45) is 11.8 Å². The Labute approximate surface area is 140 Å². The van der Waals surface area contributed by atoms with Gasteiger partial charge in [-0.3, -0.25) is 4.79 Å². The summed E-state index contributed by atoms with van der Waals surface area (Å²) in [6.07, 6.45) is 3.01. The summed E-state index contributed by atoms with van der Waals surface area (Å²) in [6.45, 7) is 6.30. The minimum Gasteiger partial charge on any atom is -0.383 e. The smallest absolute Gasteiger partial charge is 0.223 e. The van der Waals surface area contributed by atoms with Crippen LogP contribution in [0.1, 0.15) is 31.7 Å². The fourth-order valence-electron chi connectivity index (χ4n) is 3.28. The van der Waals surface area contributed by atoms with Crippen LogP contribution in [0.2, 0.25) is 0 Å². The lowest BCUT2D eigenvalue weighted by Crippen LogP contribution is -2.37. The lowest BCUT2D eigenvalue weighted by molar-refractivity contribution is -0.133. The molecule has 0 saturated carbocycles. The van der Waals surface area contributed by atoms with Gasteiger partial charge in [-0.2, -0.15) is 0 Å². The number of methoxy groups -OCH3 is 1. The van der Waals surface area contributed by atoms with Crippen molar-refractivity contribution in [2.75, 3.05) is 33.4 Å². The molecule has 0 bridgehead atoms. The van der Waals surface area contributed by atoms with E-state index in [2.05, 4.69) is 24.4 Å². The number of rotatable bonds is 8. The third-order valence-corrected chi connectivity index (χ3v) is 4.82. The van der Waals surface area contributed by atoms with Crippen LogP contribution in [0, 0.1) is 11.8 Å². The summed E-state index contributed by atoms with van der Waals surface area (Å²) in [5, 5.41) is 3.39. The molecule has 0 aromatic heterocycles. The second-order valence-electron chi connectivity index (χ2n) is 6.56. The van der Waals surface area contributed by atoms with E-state index in [0.717, 1.165) is 13.1 Å². The molecule has 1 aliphatic heterocycles. The summed E-state index contributed by atoms with van der Waals surface area (Å²) in [7, 11) is 1.68. The lowest BCUT2D eigenvalue weighted by Gasteiger charge is -2.30. The van der Waals surface area contributed by atoms with Gasteiger partial charge in [0.25, 0.3) is 0 Å². The Morgan fingerprint density at radius 3 is 2.65 bits per heavy atom. The quantitative estimate of drug-likeness (QED) is 0.801. The van der Waals surface area contributed by atoms with Crippen molar-refractivity contribution in [1.29, 1.82) is 0 Å². The summed E-state index contributed by atoms with van der Waals surface area (Å²) in [6, 6.07) is 10.2. The van der Waals surface area contributed by atoms with Gasteiger partial charge in [0.1, 0.15) is 0 Å². The molecule has 1 aromatic carbocycles. The van der Waals surface area contributed by atoms with E-state index in [4.69, 9.17) is 4.74 Å². The molecule has 4 nitrogen and oxygen atoms in total. The Bertz CT molecular complexity index is 458. The average molecular weight is 318 g/mol. The first-order chi connectivity index (χ1) is 11.2. The molecule has 1 unspecified atom stereocenters. The van der Waals surface area contributed by atoms with Gasteiger partial charge < -0.3 is 15.0 Å². The Kier molecular flexibility index (Phi) is 7.56. The van der Waals surface area contributed by atoms with E-state index in [-0.39, 0.29) is 5.91 Å². The van der Waals surface area contributed by atoms with Crippen molar-refractivity contribution in [3.8, 4) is 0 Å². The number of piperidine rings is 1. The third kappa shape index (κ3) is 5.96. The van der Waals surface area contributed by atoms with Crippen molar-refractivity contribution >= 4 is 5.91 Å². The van der Waals surface area contributed by atoms with Gasteiger partial charge in [0, 0.05) is 26.6 Å². The molecule has 23 heavy (non-hydrogen) atoms. The molecule has 0 aliphatic carbocycles. The molecule has 1 atom stereocenters. The van der Waals surface area contributed by atoms with Gasteiger partial charge in [-0.1, -0.05) is 37.3 Å². The van der Waals surface area contributed by atoms with Crippen molar-refractivity contribution in [3.63, 3.8) is 0 Å². The highest BCUT2D eigenvalue weighted by molar-refractivity contribution is 5.76. The fraction of sp³-hybridized carbons (Fsp3) is 0.632. The van der Waals surface area contributed by atoms with E-state index in [0.29, 0.717) is 38.0 Å². The molecule has 0 radical (unpaired) electrons. The zero-order valence-electron chi connectivity index (χ0n) is 14.5. The van der Waals surface area contributed by atoms with Gasteiger partial charge in [0.2, 0.25) is 5.91 Å². The summed E-state index contributed by atoms with van der Waals surface area (Å²) >= 11 is 0. The Morgan fingerprint density at radius 1 is 1.30 bits per heavy atom. The summed E-state index contributed by atoms with van der Waals surface area (Å²) < 4.78 is 5.18. The SMILES string of the molecule is COCCN(Cc1ccccc1)C(=O)CC(C)C1CCNCC1. The molecular formula is C19H30N2O2. The molecule has 2 rings (SSSR count). The zero-order valence-corrected chi connectivity index (χ0v) is 14.5. The maximum absolute atomic E-state index is 12.8. The molecule has 1 aliphatic rings. The molecule has 1 heterocycles. The van der Waals surface area contributed by atoms with Crippen LogP contribution < -0.4 is 5.32 Å². The van der Waals surface area contributed by atoms with Crippen LogP contribution in [0.3, 0.4) is 0 Å². The molecule has 1 saturated heterocycles. The molecule has 1 N–H and O–H groups in total. The molecule has 128 valence electrons. The van der Waals surface area contributed by atoms with Crippen molar-refractivity contribution in [3.05, 3.63) is 35.9 Å². The first-order valence-corrected chi connectivity index (χ1v) is 8.72. The van der Waals surface area contributed by atoms with E-state index in [1.54, 1.807) is 7.11 Å². The molecule has 4 heteroatoms. The summed E-state index contributed by atoms with van der Waals surface area (Å²) in [5.74, 6) is 1.36. The predicted octanol–water partition coefficient (Wildman–Crippen LogP) is 2.69. The molecule has 1 amide bonds. The van der Waals surface area contributed by atoms with Gasteiger partial charge >= 0.3 is 0 Å². The normalized spacial score (nSPS) is 17.0. The zero-order chi connectivity index (χ0) is 16.5. The van der Waals surface area contributed by atoms with E-state index in [1.165, 1.54) is 18.4 Å². The Balaban J connectivity index is 1.92. The van der Waals surface area contributed by atoms with Crippen molar-refractivity contribution in [1.82, 2.24) is 10.2 Å². The van der Waals surface area contributed by atoms with Gasteiger partial charge in [-0.25, -0.2) is 0 Å². The second kappa shape index (κ2) is 9.68. The van der Waals surface area contributed by atoms with E-state index in [1.807, 2.05) is 23.1 Å². The van der Waals surface area contributed by atoms with Crippen LogP contribution in [0.25, 0.3) is 0 Å². The highest BCUT2D eigenvalue weighted by Crippen LogP contribution is 2.25. The molecular weight excluding hydrogens is 288 g/mol. The highest BCUT2D eigenvalue weighted by Gasteiger charge is 2.24. The fourth-order valence-corrected chi connectivity index (χ4v) is 3.28. The van der Waals surface area contributed by atoms with E-state index in [9.17, 15) is 4.79 Å². The Hall–Kier alpha value is -1.39.